The van der Waals surface area contributed by atoms with E-state index in [0.717, 1.165) is 18.5 Å². The second-order valence-electron chi connectivity index (χ2n) is 11.5. The summed E-state index contributed by atoms with van der Waals surface area (Å²) < 4.78 is 1.69. The van der Waals surface area contributed by atoms with Crippen molar-refractivity contribution in [1.29, 1.82) is 0 Å². The lowest BCUT2D eigenvalue weighted by Gasteiger charge is -2.35. The minimum absolute atomic E-state index is 0.0768. The average Bonchev–Trinajstić information content (AvgIpc) is 3.66. The zero-order valence-corrected chi connectivity index (χ0v) is 20.7. The largest absolute Gasteiger partial charge is 0.391 e. The van der Waals surface area contributed by atoms with E-state index >= 15 is 0 Å². The van der Waals surface area contributed by atoms with E-state index in [9.17, 15) is 14.7 Å². The number of β-amino-alcohol motifs (C(OH)–C–C–N with tert-alkyl or cyclic N) is 1. The smallest absolute Gasteiger partial charge is 0.248 e. The zero-order valence-electron chi connectivity index (χ0n) is 20.7. The molecular weight excluding hydrogens is 420 g/mol. The van der Waals surface area contributed by atoms with Crippen molar-refractivity contribution in [3.05, 3.63) is 11.9 Å². The molecule has 1 aliphatic heterocycles. The van der Waals surface area contributed by atoms with E-state index in [4.69, 9.17) is 0 Å². The molecule has 2 N–H and O–H groups in total. The monoisotopic (exact) mass is 460 g/mol. The van der Waals surface area contributed by atoms with E-state index in [1.54, 1.807) is 9.58 Å². The van der Waals surface area contributed by atoms with Crippen LogP contribution in [-0.4, -0.2) is 86.1 Å². The first kappa shape index (κ1) is 24.1. The second-order valence-corrected chi connectivity index (χ2v) is 11.5. The van der Waals surface area contributed by atoms with Crippen molar-refractivity contribution < 1.29 is 14.7 Å². The van der Waals surface area contributed by atoms with Crippen molar-refractivity contribution in [2.45, 2.75) is 102 Å². The Hall–Kier alpha value is -2.00. The second kappa shape index (κ2) is 9.33. The summed E-state index contributed by atoms with van der Waals surface area (Å²) in [5.74, 6) is 0.277. The molecule has 2 amide bonds. The molecule has 0 radical (unpaired) electrons. The number of aliphatic hydroxyl groups is 1. The lowest BCUT2D eigenvalue weighted by Crippen LogP contribution is -2.47. The van der Waals surface area contributed by atoms with Gasteiger partial charge < -0.3 is 15.3 Å². The minimum Gasteiger partial charge on any atom is -0.391 e. The van der Waals surface area contributed by atoms with Gasteiger partial charge in [-0.3, -0.25) is 14.5 Å². The number of carbonyl (C=O) groups is 2. The van der Waals surface area contributed by atoms with Gasteiger partial charge in [-0.15, -0.1) is 5.10 Å². The maximum atomic E-state index is 13.7. The molecule has 1 unspecified atom stereocenters. The summed E-state index contributed by atoms with van der Waals surface area (Å²) in [6, 6.07) is 0.0500. The van der Waals surface area contributed by atoms with E-state index in [2.05, 4.69) is 34.5 Å². The van der Waals surface area contributed by atoms with Gasteiger partial charge in [0.25, 0.3) is 0 Å². The molecular formula is C24H40N6O3. The number of aliphatic hydroxyl groups excluding tert-OH is 1. The number of nitrogens with zero attached hydrogens (tertiary/aromatic N) is 5. The maximum absolute atomic E-state index is 13.7. The van der Waals surface area contributed by atoms with Crippen molar-refractivity contribution in [2.75, 3.05) is 20.1 Å². The van der Waals surface area contributed by atoms with Crippen LogP contribution >= 0.6 is 0 Å². The van der Waals surface area contributed by atoms with Crippen molar-refractivity contribution in [3.63, 3.8) is 0 Å². The molecule has 3 fully saturated rings. The number of likely N-dealkylation sites (N-methyl/N-ethyl adjacent to an activating group) is 1. The molecule has 1 saturated heterocycles. The molecule has 2 saturated carbocycles. The number of hydrogen-bond acceptors (Lipinski definition) is 6. The molecule has 9 nitrogen and oxygen atoms in total. The van der Waals surface area contributed by atoms with Crippen LogP contribution in [0.3, 0.4) is 0 Å². The zero-order chi connectivity index (χ0) is 23.9. The third-order valence-corrected chi connectivity index (χ3v) is 7.35. The molecule has 4 atom stereocenters. The Balaban J connectivity index is 1.41. The summed E-state index contributed by atoms with van der Waals surface area (Å²) in [4.78, 5) is 30.5. The highest BCUT2D eigenvalue weighted by Crippen LogP contribution is 2.40. The van der Waals surface area contributed by atoms with Crippen LogP contribution in [-0.2, 0) is 9.59 Å². The molecule has 2 heterocycles. The van der Waals surface area contributed by atoms with E-state index in [-0.39, 0.29) is 36.9 Å². The predicted octanol–water partition coefficient (Wildman–Crippen LogP) is 1.69. The Morgan fingerprint density at radius 3 is 2.58 bits per heavy atom. The third-order valence-electron chi connectivity index (χ3n) is 7.35. The first-order valence-corrected chi connectivity index (χ1v) is 12.4. The van der Waals surface area contributed by atoms with Gasteiger partial charge in [-0.1, -0.05) is 26.0 Å². The van der Waals surface area contributed by atoms with Crippen LogP contribution in [0.1, 0.15) is 83.9 Å². The van der Waals surface area contributed by atoms with Crippen molar-refractivity contribution in [3.8, 4) is 0 Å². The molecule has 0 bridgehead atoms. The molecule has 0 aromatic carbocycles. The first-order valence-electron chi connectivity index (χ1n) is 12.4. The van der Waals surface area contributed by atoms with Gasteiger partial charge >= 0.3 is 0 Å². The van der Waals surface area contributed by atoms with Crippen LogP contribution in [0, 0.1) is 5.41 Å². The topological polar surface area (TPSA) is 104 Å². The summed E-state index contributed by atoms with van der Waals surface area (Å²) in [6.07, 6.45) is 6.60. The summed E-state index contributed by atoms with van der Waals surface area (Å²) in [5.41, 5.74) is 0.550. The molecule has 184 valence electrons. The average molecular weight is 461 g/mol. The summed E-state index contributed by atoms with van der Waals surface area (Å²) >= 11 is 0. The van der Waals surface area contributed by atoms with Crippen LogP contribution in [0.4, 0.5) is 0 Å². The molecule has 4 rings (SSSR count). The van der Waals surface area contributed by atoms with Crippen molar-refractivity contribution in [2.24, 2.45) is 5.41 Å². The molecule has 1 aromatic rings. The molecule has 3 aliphatic rings. The van der Waals surface area contributed by atoms with Crippen molar-refractivity contribution in [1.82, 2.24) is 30.1 Å². The predicted molar refractivity (Wildman–Crippen MR) is 124 cm³/mol. The van der Waals surface area contributed by atoms with E-state index in [1.165, 1.54) is 12.8 Å². The lowest BCUT2D eigenvalue weighted by molar-refractivity contribution is -0.140. The number of rotatable bonds is 9. The van der Waals surface area contributed by atoms with E-state index in [1.807, 2.05) is 27.0 Å². The van der Waals surface area contributed by atoms with Crippen LogP contribution in [0.25, 0.3) is 0 Å². The highest BCUT2D eigenvalue weighted by Gasteiger charge is 2.43. The Bertz CT molecular complexity index is 857. The maximum Gasteiger partial charge on any atom is 0.248 e. The Kier molecular flexibility index (Phi) is 6.82. The highest BCUT2D eigenvalue weighted by molar-refractivity contribution is 5.83. The number of nitrogens with one attached hydrogen (secondary N) is 1. The standard InChI is InChI=1S/C24H40N6O3/c1-15(28(5)17-8-9-17)12-25-21(32)11-18-10-19(31)13-29(18)23(33)22(24(2,3)4)30-14-20(26-27-30)16-6-7-16/h14-19,22,31H,6-13H2,1-5H3,(H,25,32)/t15?,18-,19+,22+/m0/s1. The molecule has 0 spiro atoms. The molecule has 1 aromatic heterocycles. The normalized spacial score (nSPS) is 25.4. The van der Waals surface area contributed by atoms with Gasteiger partial charge in [0.2, 0.25) is 11.8 Å². The van der Waals surface area contributed by atoms with Gasteiger partial charge in [0, 0.05) is 49.8 Å². The number of aromatic nitrogens is 3. The number of hydrogen-bond donors (Lipinski definition) is 2. The molecule has 33 heavy (non-hydrogen) atoms. The van der Waals surface area contributed by atoms with Gasteiger partial charge in [0.15, 0.2) is 0 Å². The van der Waals surface area contributed by atoms with Crippen LogP contribution in [0.2, 0.25) is 0 Å². The van der Waals surface area contributed by atoms with Gasteiger partial charge in [0.05, 0.1) is 11.8 Å². The summed E-state index contributed by atoms with van der Waals surface area (Å²) in [5, 5.41) is 22.0. The quantitative estimate of drug-likeness (QED) is 0.581. The van der Waals surface area contributed by atoms with Gasteiger partial charge in [-0.05, 0) is 51.5 Å². The first-order chi connectivity index (χ1) is 15.5. The Labute approximate surface area is 196 Å². The number of carbonyl (C=O) groups excluding carboxylic acids is 2. The Morgan fingerprint density at radius 2 is 1.97 bits per heavy atom. The van der Waals surface area contributed by atoms with E-state index < -0.39 is 17.6 Å². The molecule has 9 heteroatoms. The van der Waals surface area contributed by atoms with Gasteiger partial charge in [-0.2, -0.15) is 0 Å². The number of likely N-dealkylation sites (tertiary alicyclic amines) is 1. The third kappa shape index (κ3) is 5.74. The van der Waals surface area contributed by atoms with E-state index in [0.29, 0.717) is 24.9 Å². The minimum atomic E-state index is -0.620. The van der Waals surface area contributed by atoms with Gasteiger partial charge in [-0.25, -0.2) is 4.68 Å². The lowest BCUT2D eigenvalue weighted by atomic mass is 9.85. The van der Waals surface area contributed by atoms with Crippen LogP contribution in [0.15, 0.2) is 6.20 Å². The molecule has 2 aliphatic carbocycles. The van der Waals surface area contributed by atoms with Crippen LogP contribution in [0.5, 0.6) is 0 Å². The summed E-state index contributed by atoms with van der Waals surface area (Å²) in [7, 11) is 2.10. The SMILES string of the molecule is CC(CNC(=O)C[C@@H]1C[C@@H](O)CN1C(=O)[C@@H](n1cc(C2CC2)nn1)C(C)(C)C)N(C)C1CC1. The fourth-order valence-corrected chi connectivity index (χ4v) is 4.91. The summed E-state index contributed by atoms with van der Waals surface area (Å²) in [6.45, 7) is 8.99. The van der Waals surface area contributed by atoms with Gasteiger partial charge in [0.1, 0.15) is 6.04 Å². The van der Waals surface area contributed by atoms with Crippen LogP contribution < -0.4 is 5.32 Å². The Morgan fingerprint density at radius 1 is 1.27 bits per heavy atom. The fourth-order valence-electron chi connectivity index (χ4n) is 4.91. The number of amides is 2. The highest BCUT2D eigenvalue weighted by atomic mass is 16.3. The fraction of sp³-hybridized carbons (Fsp3) is 0.833. The van der Waals surface area contributed by atoms with Crippen molar-refractivity contribution >= 4 is 11.8 Å².